The van der Waals surface area contributed by atoms with Gasteiger partial charge in [-0.1, -0.05) is 19.0 Å². The lowest BCUT2D eigenvalue weighted by molar-refractivity contribution is 0.0888. The van der Waals surface area contributed by atoms with E-state index in [0.717, 1.165) is 44.2 Å². The lowest BCUT2D eigenvalue weighted by atomic mass is 9.92. The molecule has 1 fully saturated rings. The van der Waals surface area contributed by atoms with Crippen LogP contribution in [0.1, 0.15) is 74.5 Å². The molecule has 20 heavy (non-hydrogen) atoms. The van der Waals surface area contributed by atoms with Crippen LogP contribution in [-0.2, 0) is 0 Å². The first-order valence-electron chi connectivity index (χ1n) is 7.67. The second-order valence-corrected chi connectivity index (χ2v) is 5.71. The van der Waals surface area contributed by atoms with E-state index in [4.69, 9.17) is 10.3 Å². The van der Waals surface area contributed by atoms with Gasteiger partial charge in [0.25, 0.3) is 5.91 Å². The molecule has 1 heterocycles. The van der Waals surface area contributed by atoms with E-state index in [9.17, 15) is 4.79 Å². The molecule has 1 saturated carbocycles. The summed E-state index contributed by atoms with van der Waals surface area (Å²) < 4.78 is 5.19. The summed E-state index contributed by atoms with van der Waals surface area (Å²) >= 11 is 0. The maximum Gasteiger partial charge on any atom is 0.290 e. The van der Waals surface area contributed by atoms with E-state index in [1.807, 2.05) is 0 Å². The molecule has 2 rings (SSSR count). The van der Waals surface area contributed by atoms with Crippen LogP contribution in [0.5, 0.6) is 0 Å². The normalized spacial score (nSPS) is 23.0. The Hall–Kier alpha value is -1.36. The van der Waals surface area contributed by atoms with Crippen molar-refractivity contribution in [1.29, 1.82) is 0 Å². The van der Waals surface area contributed by atoms with Crippen LogP contribution in [0.4, 0.5) is 0 Å². The summed E-state index contributed by atoms with van der Waals surface area (Å²) in [5.74, 6) is 0.532. The number of nitrogens with zero attached hydrogens (tertiary/aromatic N) is 1. The van der Waals surface area contributed by atoms with Crippen molar-refractivity contribution in [2.24, 2.45) is 5.73 Å². The van der Waals surface area contributed by atoms with E-state index in [1.54, 1.807) is 6.07 Å². The molecule has 1 amide bonds. The molecule has 112 valence electrons. The third-order valence-electron chi connectivity index (χ3n) is 4.26. The third-order valence-corrected chi connectivity index (χ3v) is 4.26. The van der Waals surface area contributed by atoms with Gasteiger partial charge in [0.2, 0.25) is 5.76 Å². The van der Waals surface area contributed by atoms with Crippen LogP contribution in [0.2, 0.25) is 0 Å². The fourth-order valence-electron chi connectivity index (χ4n) is 2.82. The van der Waals surface area contributed by atoms with Gasteiger partial charge in [-0.3, -0.25) is 4.79 Å². The standard InChI is InChI=1S/C15H25N3O2/c1-3-10(4-2)13-9-14(20-18-13)15(19)17-12-7-5-11(16)6-8-12/h9-12H,3-8,16H2,1-2H3,(H,17,19). The van der Waals surface area contributed by atoms with E-state index in [2.05, 4.69) is 24.3 Å². The second-order valence-electron chi connectivity index (χ2n) is 5.71. The molecule has 0 aromatic carbocycles. The highest BCUT2D eigenvalue weighted by molar-refractivity contribution is 5.91. The number of hydrogen-bond donors (Lipinski definition) is 2. The third kappa shape index (κ3) is 3.60. The van der Waals surface area contributed by atoms with Gasteiger partial charge in [0.15, 0.2) is 0 Å². The number of carbonyl (C=O) groups is 1. The average Bonchev–Trinajstić information content (AvgIpc) is 2.92. The van der Waals surface area contributed by atoms with Crippen LogP contribution in [0.25, 0.3) is 0 Å². The minimum absolute atomic E-state index is 0.157. The van der Waals surface area contributed by atoms with Crippen molar-refractivity contribution in [3.8, 4) is 0 Å². The van der Waals surface area contributed by atoms with Gasteiger partial charge < -0.3 is 15.6 Å². The summed E-state index contributed by atoms with van der Waals surface area (Å²) in [7, 11) is 0. The zero-order chi connectivity index (χ0) is 14.5. The van der Waals surface area contributed by atoms with Crippen molar-refractivity contribution < 1.29 is 9.32 Å². The van der Waals surface area contributed by atoms with E-state index in [0.29, 0.717) is 11.7 Å². The average molecular weight is 279 g/mol. The van der Waals surface area contributed by atoms with Crippen molar-refractivity contribution in [2.45, 2.75) is 70.4 Å². The van der Waals surface area contributed by atoms with Gasteiger partial charge in [-0.2, -0.15) is 0 Å². The van der Waals surface area contributed by atoms with Crippen LogP contribution in [-0.4, -0.2) is 23.1 Å². The number of carbonyl (C=O) groups excluding carboxylic acids is 1. The number of nitrogens with one attached hydrogen (secondary N) is 1. The Morgan fingerprint density at radius 1 is 1.40 bits per heavy atom. The van der Waals surface area contributed by atoms with Crippen molar-refractivity contribution >= 4 is 5.91 Å². The van der Waals surface area contributed by atoms with Gasteiger partial charge in [0.1, 0.15) is 0 Å². The summed E-state index contributed by atoms with van der Waals surface area (Å²) in [6.45, 7) is 4.24. The van der Waals surface area contributed by atoms with Gasteiger partial charge in [-0.15, -0.1) is 0 Å². The fourth-order valence-corrected chi connectivity index (χ4v) is 2.82. The molecule has 3 N–H and O–H groups in total. The molecule has 5 nitrogen and oxygen atoms in total. The first kappa shape index (κ1) is 15.0. The van der Waals surface area contributed by atoms with E-state index < -0.39 is 0 Å². The highest BCUT2D eigenvalue weighted by Crippen LogP contribution is 2.23. The van der Waals surface area contributed by atoms with Gasteiger partial charge >= 0.3 is 0 Å². The summed E-state index contributed by atoms with van der Waals surface area (Å²) in [5, 5.41) is 7.04. The lowest BCUT2D eigenvalue weighted by Crippen LogP contribution is -2.40. The molecule has 5 heteroatoms. The molecule has 0 radical (unpaired) electrons. The zero-order valence-corrected chi connectivity index (χ0v) is 12.4. The molecular weight excluding hydrogens is 254 g/mol. The van der Waals surface area contributed by atoms with Crippen LogP contribution in [0.3, 0.4) is 0 Å². The summed E-state index contributed by atoms with van der Waals surface area (Å²) in [6.07, 6.45) is 5.84. The quantitative estimate of drug-likeness (QED) is 0.868. The summed E-state index contributed by atoms with van der Waals surface area (Å²) in [6, 6.07) is 2.28. The molecule has 1 aliphatic rings. The molecule has 1 aliphatic carbocycles. The van der Waals surface area contributed by atoms with Crippen molar-refractivity contribution in [1.82, 2.24) is 10.5 Å². The Labute approximate surface area is 120 Å². The van der Waals surface area contributed by atoms with Gasteiger partial charge in [-0.05, 0) is 38.5 Å². The van der Waals surface area contributed by atoms with E-state index in [1.165, 1.54) is 0 Å². The second kappa shape index (κ2) is 6.88. The monoisotopic (exact) mass is 279 g/mol. The minimum Gasteiger partial charge on any atom is -0.351 e. The lowest BCUT2D eigenvalue weighted by Gasteiger charge is -2.26. The Kier molecular flexibility index (Phi) is 5.17. The number of amides is 1. The van der Waals surface area contributed by atoms with Crippen molar-refractivity contribution in [3.05, 3.63) is 17.5 Å². The number of nitrogens with two attached hydrogens (primary N) is 1. The first-order chi connectivity index (χ1) is 9.63. The van der Waals surface area contributed by atoms with Crippen LogP contribution in [0.15, 0.2) is 10.6 Å². The van der Waals surface area contributed by atoms with E-state index >= 15 is 0 Å². The van der Waals surface area contributed by atoms with Crippen LogP contribution in [0, 0.1) is 0 Å². The molecule has 0 saturated heterocycles. The predicted molar refractivity (Wildman–Crippen MR) is 77.5 cm³/mol. The highest BCUT2D eigenvalue weighted by Gasteiger charge is 2.23. The SMILES string of the molecule is CCC(CC)c1cc(C(=O)NC2CCC(N)CC2)on1. The number of hydrogen-bond acceptors (Lipinski definition) is 4. The van der Waals surface area contributed by atoms with Crippen molar-refractivity contribution in [3.63, 3.8) is 0 Å². The Morgan fingerprint density at radius 3 is 2.65 bits per heavy atom. The highest BCUT2D eigenvalue weighted by atomic mass is 16.5. The molecular formula is C15H25N3O2. The molecule has 1 aromatic rings. The smallest absolute Gasteiger partial charge is 0.290 e. The zero-order valence-electron chi connectivity index (χ0n) is 12.4. The molecule has 0 bridgehead atoms. The summed E-state index contributed by atoms with van der Waals surface area (Å²) in [5.41, 5.74) is 6.75. The molecule has 0 unspecified atom stereocenters. The molecule has 0 atom stereocenters. The molecule has 0 aliphatic heterocycles. The van der Waals surface area contributed by atoms with Gasteiger partial charge in [-0.25, -0.2) is 0 Å². The largest absolute Gasteiger partial charge is 0.351 e. The number of aromatic nitrogens is 1. The topological polar surface area (TPSA) is 81.2 Å². The van der Waals surface area contributed by atoms with E-state index in [-0.39, 0.29) is 18.0 Å². The van der Waals surface area contributed by atoms with Gasteiger partial charge in [0.05, 0.1) is 5.69 Å². The first-order valence-corrected chi connectivity index (χ1v) is 7.67. The maximum absolute atomic E-state index is 12.1. The Balaban J connectivity index is 1.92. The molecule has 1 aromatic heterocycles. The summed E-state index contributed by atoms with van der Waals surface area (Å²) in [4.78, 5) is 12.1. The number of rotatable bonds is 5. The van der Waals surface area contributed by atoms with Gasteiger partial charge in [0, 0.05) is 24.1 Å². The maximum atomic E-state index is 12.1. The molecule has 0 spiro atoms. The fraction of sp³-hybridized carbons (Fsp3) is 0.733. The van der Waals surface area contributed by atoms with Crippen LogP contribution >= 0.6 is 0 Å². The minimum atomic E-state index is -0.157. The Morgan fingerprint density at radius 2 is 2.05 bits per heavy atom. The predicted octanol–water partition coefficient (Wildman–Crippen LogP) is 2.58. The Bertz CT molecular complexity index is 432. The van der Waals surface area contributed by atoms with Crippen LogP contribution < -0.4 is 11.1 Å². The van der Waals surface area contributed by atoms with Crippen molar-refractivity contribution in [2.75, 3.05) is 0 Å².